The van der Waals surface area contributed by atoms with Crippen molar-refractivity contribution in [2.24, 2.45) is 0 Å². The molecule has 0 aliphatic heterocycles. The van der Waals surface area contributed by atoms with Crippen molar-refractivity contribution in [1.82, 2.24) is 9.78 Å². The van der Waals surface area contributed by atoms with Crippen LogP contribution in [0.5, 0.6) is 0 Å². The fraction of sp³-hybridized carbons (Fsp3) is 0.176. The van der Waals surface area contributed by atoms with Gasteiger partial charge in [-0.25, -0.2) is 8.78 Å². The zero-order chi connectivity index (χ0) is 19.1. The van der Waals surface area contributed by atoms with Crippen LogP contribution in [0, 0.1) is 11.6 Å². The number of alkyl halides is 3. The third kappa shape index (κ3) is 3.51. The van der Waals surface area contributed by atoms with Crippen LogP contribution in [0.2, 0.25) is 0 Å². The first-order valence-electron chi connectivity index (χ1n) is 7.37. The monoisotopic (exact) mass is 370 g/mol. The van der Waals surface area contributed by atoms with Crippen LogP contribution >= 0.6 is 0 Å². The molecule has 0 fully saturated rings. The van der Waals surface area contributed by atoms with Gasteiger partial charge in [-0.15, -0.1) is 0 Å². The molecule has 0 spiro atoms. The topological polar surface area (TPSA) is 55.1 Å². The molecular formula is C17H11F5N2O2. The van der Waals surface area contributed by atoms with Gasteiger partial charge in [-0.2, -0.15) is 18.3 Å². The molecule has 3 rings (SSSR count). The number of halogens is 5. The van der Waals surface area contributed by atoms with E-state index in [4.69, 9.17) is 5.11 Å². The summed E-state index contributed by atoms with van der Waals surface area (Å²) in [5.41, 5.74) is -0.855. The maximum Gasteiger partial charge on any atom is 0.416 e. The minimum absolute atomic E-state index is 0.00934. The Kier molecular flexibility index (Phi) is 4.39. The van der Waals surface area contributed by atoms with Gasteiger partial charge in [-0.3, -0.25) is 9.48 Å². The quantitative estimate of drug-likeness (QED) is 0.706. The molecule has 3 aromatic rings. The first kappa shape index (κ1) is 17.8. The van der Waals surface area contributed by atoms with Crippen molar-refractivity contribution in [1.29, 1.82) is 0 Å². The van der Waals surface area contributed by atoms with E-state index in [1.165, 1.54) is 0 Å². The number of benzene rings is 2. The Labute approximate surface area is 143 Å². The highest BCUT2D eigenvalue weighted by molar-refractivity contribution is 5.86. The van der Waals surface area contributed by atoms with Crippen molar-refractivity contribution in [2.75, 3.05) is 0 Å². The van der Waals surface area contributed by atoms with Gasteiger partial charge < -0.3 is 5.11 Å². The zero-order valence-corrected chi connectivity index (χ0v) is 13.0. The number of nitrogens with zero attached hydrogens (tertiary/aromatic N) is 2. The van der Waals surface area contributed by atoms with Gasteiger partial charge in [0.05, 0.1) is 29.7 Å². The molecule has 0 atom stereocenters. The largest absolute Gasteiger partial charge is 0.481 e. The Balaban J connectivity index is 2.14. The number of aliphatic carboxylic acids is 1. The van der Waals surface area contributed by atoms with Crippen LogP contribution in [0.4, 0.5) is 22.0 Å². The maximum absolute atomic E-state index is 13.9. The van der Waals surface area contributed by atoms with Gasteiger partial charge in [-0.05, 0) is 18.2 Å². The molecule has 0 amide bonds. The molecular weight excluding hydrogens is 359 g/mol. The molecule has 1 N–H and O–H groups in total. The third-order valence-electron chi connectivity index (χ3n) is 3.81. The van der Waals surface area contributed by atoms with Crippen molar-refractivity contribution < 1.29 is 31.9 Å². The van der Waals surface area contributed by atoms with E-state index in [1.54, 1.807) is 0 Å². The lowest BCUT2D eigenvalue weighted by molar-refractivity contribution is -0.138. The van der Waals surface area contributed by atoms with E-state index in [2.05, 4.69) is 5.10 Å². The first-order chi connectivity index (χ1) is 12.1. The average molecular weight is 370 g/mol. The van der Waals surface area contributed by atoms with Crippen LogP contribution < -0.4 is 0 Å². The summed E-state index contributed by atoms with van der Waals surface area (Å²) in [6.45, 7) is -0.274. The van der Waals surface area contributed by atoms with Crippen LogP contribution in [-0.2, 0) is 23.9 Å². The van der Waals surface area contributed by atoms with Crippen molar-refractivity contribution >= 4 is 16.9 Å². The number of rotatable bonds is 4. The van der Waals surface area contributed by atoms with Gasteiger partial charge in [-0.1, -0.05) is 12.1 Å². The Morgan fingerprint density at radius 3 is 2.46 bits per heavy atom. The van der Waals surface area contributed by atoms with Gasteiger partial charge in [0.15, 0.2) is 0 Å². The molecule has 4 nitrogen and oxygen atoms in total. The number of hydrogen-bond acceptors (Lipinski definition) is 2. The van der Waals surface area contributed by atoms with E-state index in [0.717, 1.165) is 35.0 Å². The van der Waals surface area contributed by atoms with Crippen molar-refractivity contribution in [3.63, 3.8) is 0 Å². The summed E-state index contributed by atoms with van der Waals surface area (Å²) in [6, 6.07) is 5.63. The second kappa shape index (κ2) is 6.40. The van der Waals surface area contributed by atoms with Crippen molar-refractivity contribution in [3.05, 3.63) is 64.9 Å². The number of carbonyl (C=O) groups is 1. The van der Waals surface area contributed by atoms with Crippen molar-refractivity contribution in [3.8, 4) is 0 Å². The van der Waals surface area contributed by atoms with E-state index in [-0.39, 0.29) is 28.7 Å². The summed E-state index contributed by atoms with van der Waals surface area (Å²) in [5.74, 6) is -2.87. The van der Waals surface area contributed by atoms with Crippen LogP contribution in [0.15, 0.2) is 36.4 Å². The molecule has 1 aromatic heterocycles. The lowest BCUT2D eigenvalue weighted by Crippen LogP contribution is -2.07. The molecule has 0 unspecified atom stereocenters. The van der Waals surface area contributed by atoms with E-state index in [9.17, 15) is 26.7 Å². The third-order valence-corrected chi connectivity index (χ3v) is 3.81. The minimum atomic E-state index is -4.60. The Morgan fingerprint density at radius 2 is 1.85 bits per heavy atom. The summed E-state index contributed by atoms with van der Waals surface area (Å²) in [6.07, 6.45) is -5.10. The Morgan fingerprint density at radius 1 is 1.12 bits per heavy atom. The minimum Gasteiger partial charge on any atom is -0.481 e. The number of fused-ring (bicyclic) bond motifs is 1. The molecule has 1 heterocycles. The molecule has 2 aromatic carbocycles. The number of carboxylic acids is 1. The molecule has 0 bridgehead atoms. The highest BCUT2D eigenvalue weighted by atomic mass is 19.4. The fourth-order valence-corrected chi connectivity index (χ4v) is 2.62. The smallest absolute Gasteiger partial charge is 0.416 e. The van der Waals surface area contributed by atoms with E-state index >= 15 is 0 Å². The van der Waals surface area contributed by atoms with Gasteiger partial charge in [0.2, 0.25) is 0 Å². The maximum atomic E-state index is 13.9. The number of carboxylic acid groups (broad SMARTS) is 1. The number of hydrogen-bond donors (Lipinski definition) is 1. The molecule has 136 valence electrons. The molecule has 0 aliphatic rings. The Hall–Kier alpha value is -2.97. The molecule has 26 heavy (non-hydrogen) atoms. The van der Waals surface area contributed by atoms with Crippen molar-refractivity contribution in [2.45, 2.75) is 19.1 Å². The summed E-state index contributed by atoms with van der Waals surface area (Å²) in [7, 11) is 0. The second-order valence-electron chi connectivity index (χ2n) is 5.64. The molecule has 9 heteroatoms. The highest BCUT2D eigenvalue weighted by Gasteiger charge is 2.31. The van der Waals surface area contributed by atoms with Crippen LogP contribution in [0.3, 0.4) is 0 Å². The Bertz CT molecular complexity index is 995. The predicted molar refractivity (Wildman–Crippen MR) is 81.5 cm³/mol. The summed E-state index contributed by atoms with van der Waals surface area (Å²) in [4.78, 5) is 11.0. The lowest BCUT2D eigenvalue weighted by atomic mass is 10.1. The lowest BCUT2D eigenvalue weighted by Gasteiger charge is -2.09. The van der Waals surface area contributed by atoms with Gasteiger partial charge in [0.25, 0.3) is 0 Å². The fourth-order valence-electron chi connectivity index (χ4n) is 2.62. The average Bonchev–Trinajstić information content (AvgIpc) is 2.86. The SMILES string of the molecule is O=C(O)Cc1nn(Cc2ccc(F)cc2F)c2cc(C(F)(F)F)ccc12. The van der Waals surface area contributed by atoms with Crippen LogP contribution in [0.25, 0.3) is 10.9 Å². The zero-order valence-electron chi connectivity index (χ0n) is 13.0. The first-order valence-corrected chi connectivity index (χ1v) is 7.37. The van der Waals surface area contributed by atoms with Crippen LogP contribution in [0.1, 0.15) is 16.8 Å². The summed E-state index contributed by atoms with van der Waals surface area (Å²) >= 11 is 0. The molecule has 0 saturated carbocycles. The van der Waals surface area contributed by atoms with E-state index in [0.29, 0.717) is 6.07 Å². The van der Waals surface area contributed by atoms with E-state index < -0.39 is 35.8 Å². The summed E-state index contributed by atoms with van der Waals surface area (Å²) < 4.78 is 66.9. The molecule has 0 aliphatic carbocycles. The van der Waals surface area contributed by atoms with E-state index in [1.807, 2.05) is 0 Å². The second-order valence-corrected chi connectivity index (χ2v) is 5.64. The standard InChI is InChI=1S/C17H11F5N2O2/c18-11-3-1-9(13(19)6-11)8-24-15-5-10(17(20,21)22)2-4-12(15)14(23-24)7-16(25)26/h1-6H,7-8H2,(H,25,26). The normalized spacial score (nSPS) is 11.9. The molecule has 0 saturated heterocycles. The highest BCUT2D eigenvalue weighted by Crippen LogP contribution is 2.32. The van der Waals surface area contributed by atoms with Gasteiger partial charge in [0, 0.05) is 17.0 Å². The van der Waals surface area contributed by atoms with Gasteiger partial charge >= 0.3 is 12.1 Å². The van der Waals surface area contributed by atoms with Crippen LogP contribution in [-0.4, -0.2) is 20.9 Å². The summed E-state index contributed by atoms with van der Waals surface area (Å²) in [5, 5.41) is 13.2. The van der Waals surface area contributed by atoms with Gasteiger partial charge in [0.1, 0.15) is 11.6 Å². The molecule has 0 radical (unpaired) electrons. The number of aromatic nitrogens is 2. The predicted octanol–water partition coefficient (Wildman–Crippen LogP) is 4.01.